The van der Waals surface area contributed by atoms with Crippen LogP contribution in [0.3, 0.4) is 0 Å². The lowest BCUT2D eigenvalue weighted by atomic mass is 9.88. The molecule has 0 spiro atoms. The number of nitrogens with zero attached hydrogens (tertiary/aromatic N) is 2. The van der Waals surface area contributed by atoms with Gasteiger partial charge in [0, 0.05) is 59.6 Å². The Morgan fingerprint density at radius 1 is 1.14 bits per heavy atom. The lowest BCUT2D eigenvalue weighted by Crippen LogP contribution is -2.48. The molecule has 202 valence electrons. The fraction of sp³-hybridized carbons (Fsp3) is 0.586. The summed E-state index contributed by atoms with van der Waals surface area (Å²) in [6, 6.07) is 5.11. The molecule has 0 aromatic heterocycles. The number of rotatable bonds is 7. The minimum absolute atomic E-state index is 0.168. The van der Waals surface area contributed by atoms with Crippen LogP contribution in [-0.2, 0) is 9.53 Å². The Morgan fingerprint density at radius 2 is 1.81 bits per heavy atom. The maximum Gasteiger partial charge on any atom is 0.251 e. The van der Waals surface area contributed by atoms with Gasteiger partial charge < -0.3 is 20.7 Å². The Labute approximate surface area is 229 Å². The highest BCUT2D eigenvalue weighted by atomic mass is 79.9. The van der Waals surface area contributed by atoms with Gasteiger partial charge in [-0.25, -0.2) is 0 Å². The van der Waals surface area contributed by atoms with Crippen LogP contribution >= 0.6 is 15.9 Å². The molecule has 0 bridgehead atoms. The molecule has 4 rings (SSSR count). The number of hydrogen-bond donors (Lipinski definition) is 2. The van der Waals surface area contributed by atoms with E-state index >= 15 is 0 Å². The van der Waals surface area contributed by atoms with E-state index in [-0.39, 0.29) is 18.2 Å². The first-order chi connectivity index (χ1) is 17.7. The van der Waals surface area contributed by atoms with E-state index in [4.69, 9.17) is 10.5 Å². The van der Waals surface area contributed by atoms with E-state index in [0.29, 0.717) is 35.3 Å². The average Bonchev–Trinajstić information content (AvgIpc) is 2.90. The number of carbonyl (C=O) groups excluding carboxylic acids is 2. The molecule has 37 heavy (non-hydrogen) atoms. The molecule has 1 aromatic rings. The first-order valence-corrected chi connectivity index (χ1v) is 14.4. The second-order valence-corrected chi connectivity index (χ2v) is 11.6. The summed E-state index contributed by atoms with van der Waals surface area (Å²) in [6.45, 7) is 12.9. The van der Waals surface area contributed by atoms with Gasteiger partial charge in [-0.15, -0.1) is 0 Å². The Bertz CT molecular complexity index is 1100. The van der Waals surface area contributed by atoms with E-state index in [0.717, 1.165) is 72.6 Å². The van der Waals surface area contributed by atoms with E-state index in [1.807, 2.05) is 26.8 Å². The molecule has 0 unspecified atom stereocenters. The second-order valence-electron chi connectivity index (χ2n) is 10.6. The van der Waals surface area contributed by atoms with Crippen LogP contribution in [-0.4, -0.2) is 68.1 Å². The van der Waals surface area contributed by atoms with Crippen molar-refractivity contribution in [2.45, 2.75) is 71.9 Å². The third kappa shape index (κ3) is 6.13. The molecule has 0 radical (unpaired) electrons. The summed E-state index contributed by atoms with van der Waals surface area (Å²) in [4.78, 5) is 31.1. The number of allylic oxidation sites excluding steroid dienone is 3. The number of nitrogens with one attached hydrogen (secondary N) is 1. The number of hydrogen-bond acceptors (Lipinski definition) is 6. The summed E-state index contributed by atoms with van der Waals surface area (Å²) in [6.07, 6.45) is 5.35. The predicted octanol–water partition coefficient (Wildman–Crippen LogP) is 4.48. The zero-order chi connectivity index (χ0) is 26.7. The van der Waals surface area contributed by atoms with E-state index < -0.39 is 0 Å². The van der Waals surface area contributed by atoms with Crippen LogP contribution in [0.2, 0.25) is 0 Å². The molecule has 1 aliphatic heterocycles. The highest BCUT2D eigenvalue weighted by Gasteiger charge is 2.31. The summed E-state index contributed by atoms with van der Waals surface area (Å²) in [5, 5.41) is 2.99. The topological polar surface area (TPSA) is 87.9 Å². The maximum atomic E-state index is 13.3. The van der Waals surface area contributed by atoms with Crippen molar-refractivity contribution in [2.75, 3.05) is 44.3 Å². The molecule has 2 fully saturated rings. The normalized spacial score (nSPS) is 23.4. The number of anilines is 1. The van der Waals surface area contributed by atoms with Crippen LogP contribution in [0.15, 0.2) is 39.0 Å². The number of nitrogens with two attached hydrogens (primary N) is 1. The van der Waals surface area contributed by atoms with Gasteiger partial charge in [-0.2, -0.15) is 0 Å². The molecule has 1 amide bonds. The molecular weight excluding hydrogens is 532 g/mol. The summed E-state index contributed by atoms with van der Waals surface area (Å²) < 4.78 is 6.42. The second kappa shape index (κ2) is 12.1. The van der Waals surface area contributed by atoms with Gasteiger partial charge in [-0.3, -0.25) is 14.5 Å². The molecule has 1 aromatic carbocycles. The molecule has 1 saturated heterocycles. The number of morpholine rings is 1. The Balaban J connectivity index is 1.46. The van der Waals surface area contributed by atoms with Crippen molar-refractivity contribution in [3.05, 3.63) is 50.1 Å². The lowest BCUT2D eigenvalue weighted by molar-refractivity contribution is -0.112. The summed E-state index contributed by atoms with van der Waals surface area (Å²) in [5.41, 5.74) is 11.4. The van der Waals surface area contributed by atoms with Gasteiger partial charge in [0.05, 0.1) is 18.9 Å². The quantitative estimate of drug-likeness (QED) is 0.501. The van der Waals surface area contributed by atoms with E-state index in [2.05, 4.69) is 44.0 Å². The number of Topliss-reactive ketones (excluding diaryl/α,β-unsaturated/α-hetero) is 1. The van der Waals surface area contributed by atoms with Gasteiger partial charge in [0.15, 0.2) is 0 Å². The van der Waals surface area contributed by atoms with Gasteiger partial charge in [-0.05, 0) is 83.1 Å². The first-order valence-electron chi connectivity index (χ1n) is 13.6. The van der Waals surface area contributed by atoms with Crippen LogP contribution in [0.4, 0.5) is 5.69 Å². The van der Waals surface area contributed by atoms with Crippen molar-refractivity contribution in [1.29, 1.82) is 0 Å². The SMILES string of the molecule is CCN(c1cc(Br)cc(C(=O)NCC2=C(C)CC(C)=C(N)C2=O)c1C)C1CCC(N2CCOCC2)CC1. The number of ketones is 1. The Hall–Kier alpha value is -2.16. The van der Waals surface area contributed by atoms with Gasteiger partial charge >= 0.3 is 0 Å². The van der Waals surface area contributed by atoms with Crippen LogP contribution in [0.5, 0.6) is 0 Å². The number of carbonyl (C=O) groups is 2. The van der Waals surface area contributed by atoms with Crippen molar-refractivity contribution in [2.24, 2.45) is 5.73 Å². The van der Waals surface area contributed by atoms with Crippen LogP contribution in [0.25, 0.3) is 0 Å². The monoisotopic (exact) mass is 572 g/mol. The summed E-state index contributed by atoms with van der Waals surface area (Å²) >= 11 is 3.65. The molecule has 3 aliphatic rings. The minimum atomic E-state index is -0.176. The standard InChI is InChI=1S/C29H41BrN4O3/c1-5-34(23-8-6-22(7-9-23)33-10-12-37-13-11-33)26-16-21(30)15-24(20(26)4)29(36)32-17-25-18(2)14-19(3)27(31)28(25)35/h15-16,22-23H,5-14,17,31H2,1-4H3,(H,32,36). The Kier molecular flexibility index (Phi) is 9.14. The molecular formula is C29H41BrN4O3. The zero-order valence-corrected chi connectivity index (χ0v) is 24.2. The van der Waals surface area contributed by atoms with Crippen LogP contribution in [0, 0.1) is 6.92 Å². The zero-order valence-electron chi connectivity index (χ0n) is 22.7. The summed E-state index contributed by atoms with van der Waals surface area (Å²) in [7, 11) is 0. The van der Waals surface area contributed by atoms with E-state index in [9.17, 15) is 9.59 Å². The fourth-order valence-corrected chi connectivity index (χ4v) is 6.59. The smallest absolute Gasteiger partial charge is 0.251 e. The summed E-state index contributed by atoms with van der Waals surface area (Å²) in [5.74, 6) is -0.344. The first kappa shape index (κ1) is 27.9. The molecule has 2 aliphatic carbocycles. The highest BCUT2D eigenvalue weighted by Crippen LogP contribution is 2.35. The van der Waals surface area contributed by atoms with Gasteiger partial charge in [0.1, 0.15) is 0 Å². The minimum Gasteiger partial charge on any atom is -0.396 e. The average molecular weight is 574 g/mol. The van der Waals surface area contributed by atoms with Crippen molar-refractivity contribution in [1.82, 2.24) is 10.2 Å². The van der Waals surface area contributed by atoms with Crippen LogP contribution in [0.1, 0.15) is 68.8 Å². The van der Waals surface area contributed by atoms with E-state index in [1.54, 1.807) is 0 Å². The fourth-order valence-electron chi connectivity index (χ4n) is 6.15. The van der Waals surface area contributed by atoms with E-state index in [1.165, 1.54) is 12.8 Å². The largest absolute Gasteiger partial charge is 0.396 e. The molecule has 1 heterocycles. The molecule has 3 N–H and O–H groups in total. The predicted molar refractivity (Wildman–Crippen MR) is 152 cm³/mol. The Morgan fingerprint density at radius 3 is 2.46 bits per heavy atom. The molecule has 8 heteroatoms. The maximum absolute atomic E-state index is 13.3. The third-order valence-electron chi connectivity index (χ3n) is 8.36. The number of amides is 1. The van der Waals surface area contributed by atoms with Gasteiger partial charge in [0.25, 0.3) is 5.91 Å². The number of halogens is 1. The lowest BCUT2D eigenvalue weighted by Gasteiger charge is -2.43. The van der Waals surface area contributed by atoms with Crippen molar-refractivity contribution < 1.29 is 14.3 Å². The van der Waals surface area contributed by atoms with Crippen LogP contribution < -0.4 is 16.0 Å². The highest BCUT2D eigenvalue weighted by molar-refractivity contribution is 9.10. The number of ether oxygens (including phenoxy) is 1. The molecule has 7 nitrogen and oxygen atoms in total. The van der Waals surface area contributed by atoms with Gasteiger partial charge in [-0.1, -0.05) is 21.5 Å². The van der Waals surface area contributed by atoms with Crippen molar-refractivity contribution >= 4 is 33.3 Å². The molecule has 1 saturated carbocycles. The van der Waals surface area contributed by atoms with Crippen molar-refractivity contribution in [3.8, 4) is 0 Å². The molecule has 0 atom stereocenters. The third-order valence-corrected chi connectivity index (χ3v) is 8.82. The van der Waals surface area contributed by atoms with Gasteiger partial charge in [0.2, 0.25) is 5.78 Å². The van der Waals surface area contributed by atoms with Crippen molar-refractivity contribution in [3.63, 3.8) is 0 Å². The number of benzene rings is 1.